The van der Waals surface area contributed by atoms with Crippen molar-refractivity contribution in [2.45, 2.75) is 64.8 Å². The van der Waals surface area contributed by atoms with E-state index in [-0.39, 0.29) is 11.1 Å². The van der Waals surface area contributed by atoms with Crippen molar-refractivity contribution >= 4 is 14.6 Å². The summed E-state index contributed by atoms with van der Waals surface area (Å²) in [6.45, 7) is 17.0. The Kier molecular flexibility index (Phi) is 6.34. The van der Waals surface area contributed by atoms with E-state index < -0.39 is 8.32 Å². The van der Waals surface area contributed by atoms with Gasteiger partial charge in [-0.15, -0.1) is 6.58 Å². The minimum atomic E-state index is -1.79. The quantitative estimate of drug-likeness (QED) is 0.388. The van der Waals surface area contributed by atoms with Gasteiger partial charge in [0.1, 0.15) is 6.29 Å². The molecule has 0 radical (unpaired) electrons. The van der Waals surface area contributed by atoms with E-state index in [2.05, 4.69) is 47.4 Å². The first-order valence-corrected chi connectivity index (χ1v) is 9.29. The van der Waals surface area contributed by atoms with Crippen LogP contribution in [0.25, 0.3) is 0 Å². The van der Waals surface area contributed by atoms with Gasteiger partial charge in [-0.25, -0.2) is 0 Å². The van der Waals surface area contributed by atoms with E-state index in [1.54, 1.807) is 0 Å². The van der Waals surface area contributed by atoms with Crippen LogP contribution >= 0.6 is 0 Å². The van der Waals surface area contributed by atoms with E-state index in [1.807, 2.05) is 6.08 Å². The van der Waals surface area contributed by atoms with Crippen molar-refractivity contribution < 1.29 is 9.22 Å². The van der Waals surface area contributed by atoms with Crippen LogP contribution in [0.2, 0.25) is 18.1 Å². The topological polar surface area (TPSA) is 26.3 Å². The number of carbonyl (C=O) groups is 1. The molecule has 0 fully saturated rings. The summed E-state index contributed by atoms with van der Waals surface area (Å²) in [5, 5.41) is 0.183. The minimum Gasteiger partial charge on any atom is -0.413 e. The molecule has 0 aromatic carbocycles. The lowest BCUT2D eigenvalue weighted by Crippen LogP contribution is -2.45. The van der Waals surface area contributed by atoms with Crippen molar-refractivity contribution in [3.05, 3.63) is 12.7 Å². The van der Waals surface area contributed by atoms with Crippen LogP contribution in [0.1, 0.15) is 40.5 Å². The third-order valence-electron chi connectivity index (χ3n) is 3.75. The summed E-state index contributed by atoms with van der Waals surface area (Å²) in [5.41, 5.74) is 0. The van der Waals surface area contributed by atoms with E-state index in [0.29, 0.717) is 12.3 Å². The average Bonchev–Trinajstić information content (AvgIpc) is 2.15. The third kappa shape index (κ3) is 5.17. The number of hydrogen-bond donors (Lipinski definition) is 0. The van der Waals surface area contributed by atoms with Crippen molar-refractivity contribution in [1.82, 2.24) is 0 Å². The molecular formula is C14H28O2Si. The van der Waals surface area contributed by atoms with Crippen LogP contribution in [0.3, 0.4) is 0 Å². The highest BCUT2D eigenvalue weighted by atomic mass is 28.4. The summed E-state index contributed by atoms with van der Waals surface area (Å²) >= 11 is 0. The van der Waals surface area contributed by atoms with Crippen LogP contribution < -0.4 is 0 Å². The molecule has 0 N–H and O–H groups in total. The molecule has 0 aliphatic rings. The van der Waals surface area contributed by atoms with E-state index in [1.165, 1.54) is 0 Å². The lowest BCUT2D eigenvalue weighted by molar-refractivity contribution is -0.109. The molecule has 0 bridgehead atoms. The fourth-order valence-electron chi connectivity index (χ4n) is 1.46. The fourth-order valence-corrected chi connectivity index (χ4v) is 2.90. The molecule has 0 aliphatic heterocycles. The summed E-state index contributed by atoms with van der Waals surface area (Å²) < 4.78 is 6.32. The minimum absolute atomic E-state index is 0.0337. The number of hydrogen-bond acceptors (Lipinski definition) is 2. The molecule has 0 unspecified atom stereocenters. The highest BCUT2D eigenvalue weighted by Gasteiger charge is 2.39. The molecule has 0 aliphatic carbocycles. The number of carbonyl (C=O) groups excluding carboxylic acids is 1. The van der Waals surface area contributed by atoms with E-state index >= 15 is 0 Å². The van der Waals surface area contributed by atoms with Crippen molar-refractivity contribution in [3.63, 3.8) is 0 Å². The van der Waals surface area contributed by atoms with E-state index in [9.17, 15) is 4.79 Å². The van der Waals surface area contributed by atoms with E-state index in [0.717, 1.165) is 12.7 Å². The fraction of sp³-hybridized carbons (Fsp3) is 0.786. The number of rotatable bonds is 7. The highest BCUT2D eigenvalue weighted by Crippen LogP contribution is 2.38. The summed E-state index contributed by atoms with van der Waals surface area (Å²) in [4.78, 5) is 10.8. The van der Waals surface area contributed by atoms with Crippen LogP contribution in [0.15, 0.2) is 12.7 Å². The predicted molar refractivity (Wildman–Crippen MR) is 76.7 cm³/mol. The summed E-state index contributed by atoms with van der Waals surface area (Å²) in [6.07, 6.45) is 4.29. The lowest BCUT2D eigenvalue weighted by Gasteiger charge is -2.40. The molecule has 0 saturated carbocycles. The molecule has 2 atom stereocenters. The second-order valence-corrected chi connectivity index (χ2v) is 11.1. The molecular weight excluding hydrogens is 228 g/mol. The number of aldehydes is 1. The molecule has 0 amide bonds. The molecule has 0 aromatic rings. The van der Waals surface area contributed by atoms with Gasteiger partial charge in [-0.1, -0.05) is 33.8 Å². The molecule has 0 rings (SSSR count). The van der Waals surface area contributed by atoms with Gasteiger partial charge in [-0.2, -0.15) is 0 Å². The predicted octanol–water partition coefficient (Wildman–Crippen LogP) is 4.18. The van der Waals surface area contributed by atoms with Crippen molar-refractivity contribution in [2.24, 2.45) is 5.92 Å². The van der Waals surface area contributed by atoms with E-state index in [4.69, 9.17) is 4.43 Å². The zero-order chi connectivity index (χ0) is 13.7. The van der Waals surface area contributed by atoms with Crippen LogP contribution in [-0.4, -0.2) is 20.7 Å². The van der Waals surface area contributed by atoms with Crippen molar-refractivity contribution in [2.75, 3.05) is 0 Å². The maximum atomic E-state index is 10.8. The van der Waals surface area contributed by atoms with Gasteiger partial charge in [-0.05, 0) is 30.5 Å². The summed E-state index contributed by atoms with van der Waals surface area (Å²) in [6, 6.07) is 0. The Morgan fingerprint density at radius 1 is 1.29 bits per heavy atom. The van der Waals surface area contributed by atoms with Gasteiger partial charge in [0.2, 0.25) is 0 Å². The van der Waals surface area contributed by atoms with Crippen LogP contribution in [0, 0.1) is 5.92 Å². The summed E-state index contributed by atoms with van der Waals surface area (Å²) in [7, 11) is -1.79. The zero-order valence-electron chi connectivity index (χ0n) is 12.2. The Bertz CT molecular complexity index is 253. The average molecular weight is 256 g/mol. The molecule has 3 heteroatoms. The Morgan fingerprint density at radius 3 is 2.18 bits per heavy atom. The molecule has 0 heterocycles. The Balaban J connectivity index is 4.74. The standard InChI is InChI=1S/C14H28O2Si/c1-8-9-12(2)13(10-11-15)16-17(6,7)14(3,4)5/h8,11-13H,1,9-10H2,2-7H3/t12-,13+/m1/s1. The molecule has 100 valence electrons. The lowest BCUT2D eigenvalue weighted by atomic mass is 9.99. The Morgan fingerprint density at radius 2 is 1.82 bits per heavy atom. The highest BCUT2D eigenvalue weighted by molar-refractivity contribution is 6.74. The molecule has 0 spiro atoms. The van der Waals surface area contributed by atoms with Gasteiger partial charge < -0.3 is 9.22 Å². The van der Waals surface area contributed by atoms with Gasteiger partial charge in [0, 0.05) is 6.42 Å². The van der Waals surface area contributed by atoms with Gasteiger partial charge >= 0.3 is 0 Å². The molecule has 0 aromatic heterocycles. The molecule has 2 nitrogen and oxygen atoms in total. The monoisotopic (exact) mass is 256 g/mol. The number of allylic oxidation sites excluding steroid dienone is 1. The van der Waals surface area contributed by atoms with Gasteiger partial charge in [0.25, 0.3) is 0 Å². The second kappa shape index (κ2) is 6.50. The Labute approximate surface area is 108 Å². The normalized spacial score (nSPS) is 16.4. The SMILES string of the molecule is C=CC[C@@H](C)[C@H](CC=O)O[Si](C)(C)C(C)(C)C. The first-order valence-electron chi connectivity index (χ1n) is 6.38. The van der Waals surface area contributed by atoms with Crippen LogP contribution in [0.5, 0.6) is 0 Å². The maximum absolute atomic E-state index is 10.8. The zero-order valence-corrected chi connectivity index (χ0v) is 13.2. The first kappa shape index (κ1) is 16.6. The van der Waals surface area contributed by atoms with Crippen molar-refractivity contribution in [3.8, 4) is 0 Å². The van der Waals surface area contributed by atoms with Gasteiger partial charge in [0.05, 0.1) is 6.10 Å². The van der Waals surface area contributed by atoms with Crippen molar-refractivity contribution in [1.29, 1.82) is 0 Å². The largest absolute Gasteiger partial charge is 0.413 e. The van der Waals surface area contributed by atoms with Crippen LogP contribution in [0.4, 0.5) is 0 Å². The van der Waals surface area contributed by atoms with Gasteiger partial charge in [-0.3, -0.25) is 0 Å². The van der Waals surface area contributed by atoms with Gasteiger partial charge in [0.15, 0.2) is 8.32 Å². The smallest absolute Gasteiger partial charge is 0.192 e. The molecule has 0 saturated heterocycles. The first-order chi connectivity index (χ1) is 7.65. The summed E-state index contributed by atoms with van der Waals surface area (Å²) in [5.74, 6) is 0.354. The molecule has 17 heavy (non-hydrogen) atoms. The Hall–Kier alpha value is -0.413. The maximum Gasteiger partial charge on any atom is 0.192 e. The third-order valence-corrected chi connectivity index (χ3v) is 8.26. The van der Waals surface area contributed by atoms with Crippen LogP contribution in [-0.2, 0) is 9.22 Å². The second-order valence-electron chi connectivity index (χ2n) is 6.32.